The van der Waals surface area contributed by atoms with E-state index in [4.69, 9.17) is 9.47 Å². The van der Waals surface area contributed by atoms with Crippen molar-refractivity contribution in [2.45, 2.75) is 51.6 Å². The van der Waals surface area contributed by atoms with E-state index in [2.05, 4.69) is 0 Å². The van der Waals surface area contributed by atoms with Crippen molar-refractivity contribution in [3.05, 3.63) is 47.0 Å². The highest BCUT2D eigenvalue weighted by molar-refractivity contribution is 5.91. The third-order valence-electron chi connectivity index (χ3n) is 4.92. The highest BCUT2D eigenvalue weighted by atomic mass is 16.5. The van der Waals surface area contributed by atoms with Gasteiger partial charge in [0.05, 0.1) is 18.8 Å². The summed E-state index contributed by atoms with van der Waals surface area (Å²) in [6.45, 7) is 2.82. The van der Waals surface area contributed by atoms with E-state index in [9.17, 15) is 4.79 Å². The number of esters is 1. The molecule has 0 radical (unpaired) electrons. The van der Waals surface area contributed by atoms with Gasteiger partial charge in [0.1, 0.15) is 6.10 Å². The standard InChI is InChI=1S/C20H26O3/c1-2-22-20(21)18-17(13-15-9-5-3-6-10-15)14-23-19(18)16-11-7-4-8-12-16/h4,7-8,11-12,15,19H,2-3,5-6,9-10,13-14H2,1H3. The third-order valence-corrected chi connectivity index (χ3v) is 4.92. The molecule has 124 valence electrons. The largest absolute Gasteiger partial charge is 0.463 e. The summed E-state index contributed by atoms with van der Waals surface area (Å²) in [5, 5.41) is 0. The van der Waals surface area contributed by atoms with Crippen LogP contribution in [0.1, 0.15) is 57.1 Å². The molecule has 0 N–H and O–H groups in total. The average molecular weight is 314 g/mol. The summed E-state index contributed by atoms with van der Waals surface area (Å²) in [5.74, 6) is 0.492. The molecule has 1 atom stereocenters. The van der Waals surface area contributed by atoms with E-state index in [0.29, 0.717) is 19.1 Å². The molecule has 1 aromatic carbocycles. The van der Waals surface area contributed by atoms with Gasteiger partial charge in [0.25, 0.3) is 0 Å². The summed E-state index contributed by atoms with van der Waals surface area (Å²) in [5.41, 5.74) is 2.95. The topological polar surface area (TPSA) is 35.5 Å². The zero-order chi connectivity index (χ0) is 16.1. The first kappa shape index (κ1) is 16.3. The number of carbonyl (C=O) groups is 1. The molecule has 0 bridgehead atoms. The Bertz CT molecular complexity index is 556. The molecule has 1 saturated carbocycles. The highest BCUT2D eigenvalue weighted by Crippen LogP contribution is 2.39. The van der Waals surface area contributed by atoms with Gasteiger partial charge >= 0.3 is 5.97 Å². The monoisotopic (exact) mass is 314 g/mol. The Kier molecular flexibility index (Phi) is 5.50. The van der Waals surface area contributed by atoms with Gasteiger partial charge in [-0.1, -0.05) is 62.4 Å². The van der Waals surface area contributed by atoms with Crippen LogP contribution in [-0.4, -0.2) is 19.2 Å². The number of carbonyl (C=O) groups excluding carboxylic acids is 1. The van der Waals surface area contributed by atoms with Gasteiger partial charge in [0.15, 0.2) is 0 Å². The summed E-state index contributed by atoms with van der Waals surface area (Å²) in [6.07, 6.45) is 7.24. The molecule has 1 aliphatic carbocycles. The molecule has 0 saturated heterocycles. The van der Waals surface area contributed by atoms with E-state index in [0.717, 1.165) is 23.1 Å². The number of ether oxygens (including phenoxy) is 2. The first-order chi connectivity index (χ1) is 11.3. The molecular formula is C20H26O3. The number of benzene rings is 1. The molecule has 1 heterocycles. The van der Waals surface area contributed by atoms with Crippen LogP contribution in [0.15, 0.2) is 41.5 Å². The summed E-state index contributed by atoms with van der Waals surface area (Å²) < 4.78 is 11.3. The molecule has 3 nitrogen and oxygen atoms in total. The zero-order valence-electron chi connectivity index (χ0n) is 13.9. The minimum atomic E-state index is -0.270. The minimum Gasteiger partial charge on any atom is -0.463 e. The Hall–Kier alpha value is -1.61. The van der Waals surface area contributed by atoms with Crippen molar-refractivity contribution >= 4 is 5.97 Å². The average Bonchev–Trinajstić information content (AvgIpc) is 3.00. The summed E-state index contributed by atoms with van der Waals surface area (Å²) in [6, 6.07) is 10.00. The van der Waals surface area contributed by atoms with Gasteiger partial charge in [-0.25, -0.2) is 4.79 Å². The lowest BCUT2D eigenvalue weighted by Crippen LogP contribution is -2.15. The maximum absolute atomic E-state index is 12.5. The predicted octanol–water partition coefficient (Wildman–Crippen LogP) is 4.59. The fraction of sp³-hybridized carbons (Fsp3) is 0.550. The first-order valence-corrected chi connectivity index (χ1v) is 8.85. The Labute approximate surface area is 138 Å². The fourth-order valence-electron chi connectivity index (χ4n) is 3.79. The smallest absolute Gasteiger partial charge is 0.337 e. The van der Waals surface area contributed by atoms with Crippen LogP contribution in [0.5, 0.6) is 0 Å². The van der Waals surface area contributed by atoms with Crippen LogP contribution in [0.3, 0.4) is 0 Å². The van der Waals surface area contributed by atoms with Gasteiger partial charge in [-0.2, -0.15) is 0 Å². The predicted molar refractivity (Wildman–Crippen MR) is 90.0 cm³/mol. The van der Waals surface area contributed by atoms with E-state index in [1.54, 1.807) is 0 Å². The second kappa shape index (κ2) is 7.78. The minimum absolute atomic E-state index is 0.204. The van der Waals surface area contributed by atoms with Crippen LogP contribution < -0.4 is 0 Å². The van der Waals surface area contributed by atoms with E-state index in [-0.39, 0.29) is 12.1 Å². The lowest BCUT2D eigenvalue weighted by molar-refractivity contribution is -0.139. The van der Waals surface area contributed by atoms with Crippen molar-refractivity contribution in [2.75, 3.05) is 13.2 Å². The molecule has 1 aliphatic heterocycles. The quantitative estimate of drug-likeness (QED) is 0.746. The Balaban J connectivity index is 1.84. The zero-order valence-corrected chi connectivity index (χ0v) is 13.9. The van der Waals surface area contributed by atoms with E-state index >= 15 is 0 Å². The van der Waals surface area contributed by atoms with Crippen LogP contribution >= 0.6 is 0 Å². The molecule has 3 rings (SSSR count). The lowest BCUT2D eigenvalue weighted by atomic mass is 9.83. The first-order valence-electron chi connectivity index (χ1n) is 8.85. The maximum atomic E-state index is 12.5. The van der Waals surface area contributed by atoms with Crippen molar-refractivity contribution < 1.29 is 14.3 Å². The van der Waals surface area contributed by atoms with Crippen LogP contribution in [0.25, 0.3) is 0 Å². The van der Waals surface area contributed by atoms with Crippen molar-refractivity contribution in [1.29, 1.82) is 0 Å². The summed E-state index contributed by atoms with van der Waals surface area (Å²) in [4.78, 5) is 12.5. The van der Waals surface area contributed by atoms with Crippen LogP contribution in [0, 0.1) is 5.92 Å². The molecule has 2 aliphatic rings. The molecule has 1 unspecified atom stereocenters. The van der Waals surface area contributed by atoms with Gasteiger partial charge in [-0.3, -0.25) is 0 Å². The fourth-order valence-corrected chi connectivity index (χ4v) is 3.79. The molecule has 1 aromatic rings. The van der Waals surface area contributed by atoms with Gasteiger partial charge in [-0.15, -0.1) is 0 Å². The number of hydrogen-bond donors (Lipinski definition) is 0. The molecule has 0 spiro atoms. The molecule has 0 amide bonds. The van der Waals surface area contributed by atoms with E-state index in [1.165, 1.54) is 32.1 Å². The van der Waals surface area contributed by atoms with Crippen LogP contribution in [-0.2, 0) is 14.3 Å². The molecule has 0 aromatic heterocycles. The number of hydrogen-bond acceptors (Lipinski definition) is 3. The summed E-state index contributed by atoms with van der Waals surface area (Å²) in [7, 11) is 0. The third kappa shape index (κ3) is 3.84. The van der Waals surface area contributed by atoms with E-state index in [1.807, 2.05) is 37.3 Å². The Morgan fingerprint density at radius 2 is 1.91 bits per heavy atom. The van der Waals surface area contributed by atoms with Crippen LogP contribution in [0.2, 0.25) is 0 Å². The highest BCUT2D eigenvalue weighted by Gasteiger charge is 2.34. The van der Waals surface area contributed by atoms with Gasteiger partial charge in [0, 0.05) is 0 Å². The molecule has 1 fully saturated rings. The maximum Gasteiger partial charge on any atom is 0.337 e. The second-order valence-electron chi connectivity index (χ2n) is 6.55. The summed E-state index contributed by atoms with van der Waals surface area (Å²) >= 11 is 0. The SMILES string of the molecule is CCOC(=O)C1=C(CC2CCCCC2)COC1c1ccccc1. The van der Waals surface area contributed by atoms with Crippen molar-refractivity contribution in [3.63, 3.8) is 0 Å². The normalized spacial score (nSPS) is 22.4. The van der Waals surface area contributed by atoms with E-state index < -0.39 is 0 Å². The van der Waals surface area contributed by atoms with Crippen molar-refractivity contribution in [2.24, 2.45) is 5.92 Å². The second-order valence-corrected chi connectivity index (χ2v) is 6.55. The van der Waals surface area contributed by atoms with Gasteiger partial charge in [0.2, 0.25) is 0 Å². The Morgan fingerprint density at radius 3 is 2.61 bits per heavy atom. The molecule has 23 heavy (non-hydrogen) atoms. The number of rotatable bonds is 5. The van der Waals surface area contributed by atoms with Gasteiger partial charge < -0.3 is 9.47 Å². The van der Waals surface area contributed by atoms with Crippen LogP contribution in [0.4, 0.5) is 0 Å². The molecule has 3 heteroatoms. The lowest BCUT2D eigenvalue weighted by Gasteiger charge is -2.22. The Morgan fingerprint density at radius 1 is 1.17 bits per heavy atom. The van der Waals surface area contributed by atoms with Gasteiger partial charge in [-0.05, 0) is 30.4 Å². The van der Waals surface area contributed by atoms with Crippen molar-refractivity contribution in [1.82, 2.24) is 0 Å². The molecular weight excluding hydrogens is 288 g/mol. The van der Waals surface area contributed by atoms with Crippen molar-refractivity contribution in [3.8, 4) is 0 Å².